The van der Waals surface area contributed by atoms with E-state index in [1.807, 2.05) is 0 Å². The highest BCUT2D eigenvalue weighted by Crippen LogP contribution is 2.22. The molecule has 0 unspecified atom stereocenters. The molecule has 3 heteroatoms. The summed E-state index contributed by atoms with van der Waals surface area (Å²) >= 11 is 0. The Hall–Kier alpha value is -2.16. The van der Waals surface area contributed by atoms with Gasteiger partial charge in [0.05, 0.1) is 6.04 Å². The predicted octanol–water partition coefficient (Wildman–Crippen LogP) is 4.64. The van der Waals surface area contributed by atoms with Crippen LogP contribution in [0.5, 0.6) is 0 Å². The number of halogens is 1. The number of aryl methyl sites for hydroxylation is 3. The Kier molecular flexibility index (Phi) is 5.91. The summed E-state index contributed by atoms with van der Waals surface area (Å²) in [6, 6.07) is 12.9. The van der Waals surface area contributed by atoms with E-state index in [0.717, 1.165) is 12.0 Å². The number of carbonyl (C=O) groups excluding carboxylic acids is 1. The van der Waals surface area contributed by atoms with E-state index in [0.29, 0.717) is 18.4 Å². The SMILES string of the molecule is CC[C@H](NC(=O)CCc1ccccc1F)c1ccc(C)cc1C. The van der Waals surface area contributed by atoms with Crippen LogP contribution in [0.3, 0.4) is 0 Å². The Bertz CT molecular complexity index is 681. The van der Waals surface area contributed by atoms with E-state index in [4.69, 9.17) is 0 Å². The van der Waals surface area contributed by atoms with Crippen molar-refractivity contribution in [2.45, 2.75) is 46.1 Å². The summed E-state index contributed by atoms with van der Waals surface area (Å²) in [7, 11) is 0. The van der Waals surface area contributed by atoms with Crippen molar-refractivity contribution in [3.63, 3.8) is 0 Å². The third-order valence-electron chi connectivity index (χ3n) is 4.12. The number of rotatable bonds is 6. The number of benzene rings is 2. The van der Waals surface area contributed by atoms with Gasteiger partial charge < -0.3 is 5.32 Å². The molecule has 0 aliphatic heterocycles. The molecule has 0 aliphatic rings. The van der Waals surface area contributed by atoms with Gasteiger partial charge in [0, 0.05) is 6.42 Å². The van der Waals surface area contributed by atoms with Crippen LogP contribution in [-0.2, 0) is 11.2 Å². The molecule has 2 aromatic rings. The maximum atomic E-state index is 13.6. The minimum absolute atomic E-state index is 0.00344. The first-order valence-electron chi connectivity index (χ1n) is 8.11. The second kappa shape index (κ2) is 7.91. The van der Waals surface area contributed by atoms with Gasteiger partial charge in [-0.3, -0.25) is 4.79 Å². The largest absolute Gasteiger partial charge is 0.349 e. The molecule has 1 N–H and O–H groups in total. The molecule has 0 heterocycles. The monoisotopic (exact) mass is 313 g/mol. The molecule has 0 bridgehead atoms. The first-order valence-corrected chi connectivity index (χ1v) is 8.11. The van der Waals surface area contributed by atoms with Gasteiger partial charge in [0.1, 0.15) is 5.82 Å². The molecule has 122 valence electrons. The molecule has 1 atom stereocenters. The fraction of sp³-hybridized carbons (Fsp3) is 0.350. The van der Waals surface area contributed by atoms with Crippen molar-refractivity contribution in [1.29, 1.82) is 0 Å². The van der Waals surface area contributed by atoms with E-state index in [2.05, 4.69) is 44.3 Å². The summed E-state index contributed by atoms with van der Waals surface area (Å²) in [4.78, 5) is 12.2. The van der Waals surface area contributed by atoms with Crippen LogP contribution in [0.15, 0.2) is 42.5 Å². The van der Waals surface area contributed by atoms with E-state index in [1.165, 1.54) is 17.2 Å². The highest BCUT2D eigenvalue weighted by Gasteiger charge is 2.15. The van der Waals surface area contributed by atoms with E-state index in [1.54, 1.807) is 18.2 Å². The van der Waals surface area contributed by atoms with Crippen LogP contribution in [0.1, 0.15) is 48.1 Å². The Morgan fingerprint density at radius 3 is 2.57 bits per heavy atom. The number of nitrogens with one attached hydrogen (secondary N) is 1. The van der Waals surface area contributed by atoms with Crippen LogP contribution >= 0.6 is 0 Å². The average Bonchev–Trinajstić information content (AvgIpc) is 2.52. The van der Waals surface area contributed by atoms with Crippen LogP contribution in [0.25, 0.3) is 0 Å². The molecule has 0 spiro atoms. The van der Waals surface area contributed by atoms with Gasteiger partial charge in [-0.15, -0.1) is 0 Å². The van der Waals surface area contributed by atoms with Crippen molar-refractivity contribution < 1.29 is 9.18 Å². The lowest BCUT2D eigenvalue weighted by Gasteiger charge is -2.20. The molecule has 2 rings (SSSR count). The Morgan fingerprint density at radius 1 is 1.17 bits per heavy atom. The third kappa shape index (κ3) is 4.65. The molecule has 0 aromatic heterocycles. The van der Waals surface area contributed by atoms with Crippen LogP contribution in [0.2, 0.25) is 0 Å². The molecular formula is C20H24FNO. The fourth-order valence-electron chi connectivity index (χ4n) is 2.83. The quantitative estimate of drug-likeness (QED) is 0.827. The Morgan fingerprint density at radius 2 is 1.91 bits per heavy atom. The van der Waals surface area contributed by atoms with E-state index < -0.39 is 0 Å². The molecule has 2 aromatic carbocycles. The van der Waals surface area contributed by atoms with Crippen LogP contribution in [-0.4, -0.2) is 5.91 Å². The van der Waals surface area contributed by atoms with Crippen molar-refractivity contribution in [3.05, 3.63) is 70.5 Å². The van der Waals surface area contributed by atoms with Crippen LogP contribution in [0.4, 0.5) is 4.39 Å². The maximum absolute atomic E-state index is 13.6. The second-order valence-corrected chi connectivity index (χ2v) is 5.98. The highest BCUT2D eigenvalue weighted by atomic mass is 19.1. The minimum Gasteiger partial charge on any atom is -0.349 e. The first-order chi connectivity index (χ1) is 11.0. The normalized spacial score (nSPS) is 12.0. The molecule has 23 heavy (non-hydrogen) atoms. The summed E-state index contributed by atoms with van der Waals surface area (Å²) in [5.74, 6) is -0.290. The smallest absolute Gasteiger partial charge is 0.220 e. The van der Waals surface area contributed by atoms with Gasteiger partial charge in [-0.2, -0.15) is 0 Å². The molecule has 0 aliphatic carbocycles. The Balaban J connectivity index is 1.98. The van der Waals surface area contributed by atoms with Crippen molar-refractivity contribution in [3.8, 4) is 0 Å². The van der Waals surface area contributed by atoms with Gasteiger partial charge in [-0.25, -0.2) is 4.39 Å². The van der Waals surface area contributed by atoms with Crippen molar-refractivity contribution in [2.24, 2.45) is 0 Å². The minimum atomic E-state index is -0.248. The molecule has 2 nitrogen and oxygen atoms in total. The second-order valence-electron chi connectivity index (χ2n) is 5.98. The molecule has 0 saturated carbocycles. The van der Waals surface area contributed by atoms with Gasteiger partial charge in [-0.1, -0.05) is 48.9 Å². The average molecular weight is 313 g/mol. The lowest BCUT2D eigenvalue weighted by Crippen LogP contribution is -2.28. The zero-order valence-electron chi connectivity index (χ0n) is 14.0. The summed E-state index contributed by atoms with van der Waals surface area (Å²) in [5.41, 5.74) is 4.14. The van der Waals surface area contributed by atoms with Crippen molar-refractivity contribution in [2.75, 3.05) is 0 Å². The van der Waals surface area contributed by atoms with Gasteiger partial charge >= 0.3 is 0 Å². The summed E-state index contributed by atoms with van der Waals surface area (Å²) in [6.45, 7) is 6.18. The van der Waals surface area contributed by atoms with Crippen molar-refractivity contribution in [1.82, 2.24) is 5.32 Å². The van der Waals surface area contributed by atoms with E-state index in [9.17, 15) is 9.18 Å². The number of amides is 1. The highest BCUT2D eigenvalue weighted by molar-refractivity contribution is 5.76. The predicted molar refractivity (Wildman–Crippen MR) is 91.8 cm³/mol. The zero-order chi connectivity index (χ0) is 16.8. The zero-order valence-corrected chi connectivity index (χ0v) is 14.0. The molecular weight excluding hydrogens is 289 g/mol. The maximum Gasteiger partial charge on any atom is 0.220 e. The van der Waals surface area contributed by atoms with Gasteiger partial charge in [0.15, 0.2) is 0 Å². The number of hydrogen-bond donors (Lipinski definition) is 1. The fourth-order valence-corrected chi connectivity index (χ4v) is 2.83. The number of hydrogen-bond acceptors (Lipinski definition) is 1. The molecule has 0 fully saturated rings. The standard InChI is InChI=1S/C20H24FNO/c1-4-19(17-11-9-14(2)13-15(17)3)22-20(23)12-10-16-7-5-6-8-18(16)21/h5-9,11,13,19H,4,10,12H2,1-3H3,(H,22,23)/t19-/m0/s1. The third-order valence-corrected chi connectivity index (χ3v) is 4.12. The van der Waals surface area contributed by atoms with Gasteiger partial charge in [-0.05, 0) is 49.4 Å². The molecule has 0 radical (unpaired) electrons. The molecule has 1 amide bonds. The van der Waals surface area contributed by atoms with E-state index in [-0.39, 0.29) is 17.8 Å². The van der Waals surface area contributed by atoms with Crippen molar-refractivity contribution >= 4 is 5.91 Å². The van der Waals surface area contributed by atoms with Crippen LogP contribution in [0, 0.1) is 19.7 Å². The summed E-state index contributed by atoms with van der Waals surface area (Å²) < 4.78 is 13.6. The van der Waals surface area contributed by atoms with E-state index >= 15 is 0 Å². The molecule has 0 saturated heterocycles. The summed E-state index contributed by atoms with van der Waals surface area (Å²) in [6.07, 6.45) is 1.54. The number of carbonyl (C=O) groups is 1. The first kappa shape index (κ1) is 17.2. The lowest BCUT2D eigenvalue weighted by molar-refractivity contribution is -0.121. The van der Waals surface area contributed by atoms with Gasteiger partial charge in [0.2, 0.25) is 5.91 Å². The topological polar surface area (TPSA) is 29.1 Å². The summed E-state index contributed by atoms with van der Waals surface area (Å²) in [5, 5.41) is 3.07. The van der Waals surface area contributed by atoms with Crippen LogP contribution < -0.4 is 5.32 Å². The Labute approximate surface area is 137 Å². The lowest BCUT2D eigenvalue weighted by atomic mass is 9.97. The van der Waals surface area contributed by atoms with Gasteiger partial charge in [0.25, 0.3) is 0 Å².